The van der Waals surface area contributed by atoms with Crippen LogP contribution in [-0.2, 0) is 4.79 Å². The molecule has 0 saturated carbocycles. The van der Waals surface area contributed by atoms with Gasteiger partial charge in [-0.25, -0.2) is 4.98 Å². The lowest BCUT2D eigenvalue weighted by Crippen LogP contribution is -2.49. The van der Waals surface area contributed by atoms with Crippen molar-refractivity contribution < 1.29 is 19.4 Å². The minimum Gasteiger partial charge on any atom is -0.497 e. The van der Waals surface area contributed by atoms with E-state index in [0.717, 1.165) is 11.0 Å². The molecule has 1 aliphatic rings. The number of aromatic amines is 1. The zero-order chi connectivity index (χ0) is 23.0. The summed E-state index contributed by atoms with van der Waals surface area (Å²) < 4.78 is 10.9. The van der Waals surface area contributed by atoms with Gasteiger partial charge in [0, 0.05) is 31.7 Å². The van der Waals surface area contributed by atoms with Crippen LogP contribution in [0.15, 0.2) is 47.5 Å². The van der Waals surface area contributed by atoms with Crippen molar-refractivity contribution in [3.8, 4) is 11.5 Å². The Labute approximate surface area is 186 Å². The smallest absolute Gasteiger partial charge is 0.176 e. The predicted octanol–water partition coefficient (Wildman–Crippen LogP) is 3.31. The molecule has 3 unspecified atom stereocenters. The van der Waals surface area contributed by atoms with Gasteiger partial charge in [-0.15, -0.1) is 0 Å². The molecule has 0 radical (unpaired) electrons. The number of aliphatic hydroxyl groups excluding tert-OH is 1. The SMILES string of the molecule is CN=C1C(c2nc3ccccc3[nH]2)C(=O)C(C)(CC(C)O)N1c1cc(OC)cc(OC)c1. The summed E-state index contributed by atoms with van der Waals surface area (Å²) >= 11 is 0. The second-order valence-electron chi connectivity index (χ2n) is 8.25. The van der Waals surface area contributed by atoms with Gasteiger partial charge in [-0.1, -0.05) is 12.1 Å². The number of fused-ring (bicyclic) bond motifs is 1. The molecule has 0 amide bonds. The average molecular weight is 437 g/mol. The number of rotatable bonds is 6. The van der Waals surface area contributed by atoms with Crippen LogP contribution in [-0.4, -0.2) is 59.6 Å². The van der Waals surface area contributed by atoms with E-state index in [1.165, 1.54) is 0 Å². The zero-order valence-corrected chi connectivity index (χ0v) is 18.9. The normalized spacial score (nSPS) is 23.2. The Morgan fingerprint density at radius 2 is 1.88 bits per heavy atom. The second kappa shape index (κ2) is 8.27. The van der Waals surface area contributed by atoms with Gasteiger partial charge in [0.05, 0.1) is 37.0 Å². The molecule has 168 valence electrons. The molecule has 1 saturated heterocycles. The summed E-state index contributed by atoms with van der Waals surface area (Å²) in [5.74, 6) is 1.48. The molecule has 1 fully saturated rings. The standard InChI is InChI=1S/C24H28N4O4/c1-14(29)13-24(2)21(30)20(22-26-18-8-6-7-9-19(18)27-22)23(25-3)28(24)15-10-16(31-4)12-17(11-15)32-5/h6-12,14,20,29H,13H2,1-5H3,(H,26,27). The minimum atomic E-state index is -1.05. The number of nitrogens with zero attached hydrogens (tertiary/aromatic N) is 3. The molecule has 32 heavy (non-hydrogen) atoms. The van der Waals surface area contributed by atoms with Crippen LogP contribution in [0.5, 0.6) is 11.5 Å². The Kier molecular flexibility index (Phi) is 5.64. The van der Waals surface area contributed by atoms with Crippen molar-refractivity contribution >= 4 is 28.3 Å². The number of hydrogen-bond acceptors (Lipinski definition) is 6. The van der Waals surface area contributed by atoms with Crippen LogP contribution in [0.1, 0.15) is 32.0 Å². The van der Waals surface area contributed by atoms with Crippen molar-refractivity contribution in [2.24, 2.45) is 4.99 Å². The second-order valence-corrected chi connectivity index (χ2v) is 8.25. The molecule has 3 aromatic rings. The van der Waals surface area contributed by atoms with Crippen molar-refractivity contribution in [3.63, 3.8) is 0 Å². The Balaban J connectivity index is 1.91. The molecule has 1 aliphatic heterocycles. The molecule has 8 nitrogen and oxygen atoms in total. The number of anilines is 1. The number of ether oxygens (including phenoxy) is 2. The number of Topliss-reactive ketones (excluding diaryl/α,β-unsaturated/α-hetero) is 1. The summed E-state index contributed by atoms with van der Waals surface area (Å²) in [7, 11) is 4.82. The third-order valence-electron chi connectivity index (χ3n) is 5.97. The highest BCUT2D eigenvalue weighted by Gasteiger charge is 2.56. The van der Waals surface area contributed by atoms with Crippen molar-refractivity contribution in [2.45, 2.75) is 37.8 Å². The van der Waals surface area contributed by atoms with Crippen molar-refractivity contribution in [1.82, 2.24) is 9.97 Å². The van der Waals surface area contributed by atoms with Gasteiger partial charge >= 0.3 is 0 Å². The maximum atomic E-state index is 13.9. The third kappa shape index (κ3) is 3.50. The minimum absolute atomic E-state index is 0.0835. The Bertz CT molecular complexity index is 1130. The lowest BCUT2D eigenvalue weighted by Gasteiger charge is -2.36. The maximum Gasteiger partial charge on any atom is 0.176 e. The summed E-state index contributed by atoms with van der Waals surface area (Å²) in [6.07, 6.45) is -0.479. The van der Waals surface area contributed by atoms with Crippen LogP contribution in [0.25, 0.3) is 11.0 Å². The van der Waals surface area contributed by atoms with E-state index in [4.69, 9.17) is 9.47 Å². The molecule has 2 heterocycles. The molecule has 3 atom stereocenters. The van der Waals surface area contributed by atoms with Gasteiger partial charge in [0.1, 0.15) is 34.6 Å². The lowest BCUT2D eigenvalue weighted by molar-refractivity contribution is -0.123. The van der Waals surface area contributed by atoms with Crippen molar-refractivity contribution in [3.05, 3.63) is 48.3 Å². The number of amidine groups is 1. The van der Waals surface area contributed by atoms with E-state index in [0.29, 0.717) is 28.8 Å². The summed E-state index contributed by atoms with van der Waals surface area (Å²) in [6.45, 7) is 3.52. The molecule has 1 aromatic heterocycles. The first-order chi connectivity index (χ1) is 15.3. The third-order valence-corrected chi connectivity index (χ3v) is 5.97. The van der Waals surface area contributed by atoms with Crippen molar-refractivity contribution in [1.29, 1.82) is 0 Å². The average Bonchev–Trinajstić information content (AvgIpc) is 3.29. The maximum absolute atomic E-state index is 13.9. The molecule has 0 bridgehead atoms. The first-order valence-corrected chi connectivity index (χ1v) is 10.5. The molecule has 0 spiro atoms. The molecule has 2 aromatic carbocycles. The largest absolute Gasteiger partial charge is 0.497 e. The number of aliphatic imine (C=N–C) groups is 1. The van der Waals surface area contributed by atoms with E-state index in [9.17, 15) is 9.90 Å². The first-order valence-electron chi connectivity index (χ1n) is 10.5. The van der Waals surface area contributed by atoms with Gasteiger partial charge in [0.2, 0.25) is 0 Å². The van der Waals surface area contributed by atoms with Gasteiger partial charge in [0.25, 0.3) is 0 Å². The highest BCUT2D eigenvalue weighted by Crippen LogP contribution is 2.44. The number of benzene rings is 2. The summed E-state index contributed by atoms with van der Waals surface area (Å²) in [6, 6.07) is 13.1. The van der Waals surface area contributed by atoms with Crippen LogP contribution in [0.4, 0.5) is 5.69 Å². The number of carbonyl (C=O) groups excluding carboxylic acids is 1. The van der Waals surface area contributed by atoms with Crippen LogP contribution < -0.4 is 14.4 Å². The predicted molar refractivity (Wildman–Crippen MR) is 124 cm³/mol. The van der Waals surface area contributed by atoms with E-state index in [2.05, 4.69) is 15.0 Å². The monoisotopic (exact) mass is 436 g/mol. The number of aliphatic hydroxyl groups is 1. The lowest BCUT2D eigenvalue weighted by atomic mass is 9.86. The van der Waals surface area contributed by atoms with E-state index < -0.39 is 17.6 Å². The zero-order valence-electron chi connectivity index (χ0n) is 18.9. The molecule has 4 rings (SSSR count). The number of methoxy groups -OCH3 is 2. The van der Waals surface area contributed by atoms with Crippen LogP contribution in [0.2, 0.25) is 0 Å². The van der Waals surface area contributed by atoms with Crippen molar-refractivity contribution in [2.75, 3.05) is 26.2 Å². The van der Waals surface area contributed by atoms with E-state index in [-0.39, 0.29) is 12.2 Å². The Morgan fingerprint density at radius 3 is 2.44 bits per heavy atom. The number of ketones is 1. The van der Waals surface area contributed by atoms with Crippen LogP contribution >= 0.6 is 0 Å². The summed E-state index contributed by atoms with van der Waals surface area (Å²) in [4.78, 5) is 28.3. The Morgan fingerprint density at radius 1 is 1.22 bits per heavy atom. The first kappa shape index (κ1) is 21.8. The number of carbonyl (C=O) groups is 1. The number of hydrogen-bond donors (Lipinski definition) is 2. The topological polar surface area (TPSA) is 100 Å². The fourth-order valence-corrected chi connectivity index (χ4v) is 4.61. The number of H-pyrrole nitrogens is 1. The van der Waals surface area contributed by atoms with Gasteiger partial charge in [-0.05, 0) is 26.0 Å². The van der Waals surface area contributed by atoms with E-state index in [1.807, 2.05) is 48.2 Å². The number of imidazole rings is 1. The van der Waals surface area contributed by atoms with Gasteiger partial charge in [0.15, 0.2) is 5.78 Å². The van der Waals surface area contributed by atoms with Gasteiger partial charge in [-0.2, -0.15) is 0 Å². The van der Waals surface area contributed by atoms with Crippen LogP contribution in [0, 0.1) is 0 Å². The number of para-hydroxylation sites is 2. The summed E-state index contributed by atoms with van der Waals surface area (Å²) in [5, 5.41) is 10.3. The molecule has 8 heteroatoms. The highest BCUT2D eigenvalue weighted by atomic mass is 16.5. The molecular weight excluding hydrogens is 408 g/mol. The Hall–Kier alpha value is -3.39. The summed E-state index contributed by atoms with van der Waals surface area (Å²) in [5.41, 5.74) is 1.27. The number of aromatic nitrogens is 2. The van der Waals surface area contributed by atoms with Gasteiger partial charge in [-0.3, -0.25) is 9.79 Å². The fraction of sp³-hybridized carbons (Fsp3) is 0.375. The molecule has 0 aliphatic carbocycles. The highest BCUT2D eigenvalue weighted by molar-refractivity contribution is 6.27. The van der Waals surface area contributed by atoms with Crippen LogP contribution in [0.3, 0.4) is 0 Å². The number of nitrogens with one attached hydrogen (secondary N) is 1. The van der Waals surface area contributed by atoms with E-state index in [1.54, 1.807) is 34.3 Å². The quantitative estimate of drug-likeness (QED) is 0.615. The fourth-order valence-electron chi connectivity index (χ4n) is 4.61. The van der Waals surface area contributed by atoms with E-state index >= 15 is 0 Å². The van der Waals surface area contributed by atoms with Gasteiger partial charge < -0.3 is 24.5 Å². The molecular formula is C24H28N4O4. The molecule has 2 N–H and O–H groups in total.